The smallest absolute Gasteiger partial charge is 0.110 e. The Morgan fingerprint density at radius 3 is 2.00 bits per heavy atom. The topological polar surface area (TPSA) is 9.23 Å². The van der Waals surface area contributed by atoms with Gasteiger partial charge in [0.2, 0.25) is 0 Å². The average Bonchev–Trinajstić information content (AvgIpc) is 1.68. The molecule has 0 saturated carbocycles. The highest BCUT2D eigenvalue weighted by Gasteiger charge is 2.12. The summed E-state index contributed by atoms with van der Waals surface area (Å²) < 4.78 is 5.06. The van der Waals surface area contributed by atoms with Crippen LogP contribution in [0.4, 0.5) is 0 Å². The van der Waals surface area contributed by atoms with Gasteiger partial charge in [-0.25, -0.2) is 0 Å². The summed E-state index contributed by atoms with van der Waals surface area (Å²) in [5.74, 6) is 0. The van der Waals surface area contributed by atoms with E-state index in [1.807, 2.05) is 23.0 Å². The first-order chi connectivity index (χ1) is 3.12. The standard InChI is InChI=1S/C5H11IO/c1-4-5(2,3)7-6/h4H2,1-3H3. The molecule has 1 nitrogen and oxygen atoms in total. The monoisotopic (exact) mass is 214 g/mol. The van der Waals surface area contributed by atoms with Crippen molar-refractivity contribution in [2.45, 2.75) is 32.8 Å². The molecule has 0 amide bonds. The van der Waals surface area contributed by atoms with Crippen LogP contribution >= 0.6 is 23.0 Å². The Labute approximate surface area is 59.1 Å². The van der Waals surface area contributed by atoms with Crippen molar-refractivity contribution in [2.24, 2.45) is 0 Å². The van der Waals surface area contributed by atoms with Crippen LogP contribution in [0.15, 0.2) is 0 Å². The normalized spacial score (nSPS) is 12.0. The summed E-state index contributed by atoms with van der Waals surface area (Å²) in [7, 11) is 0. The van der Waals surface area contributed by atoms with E-state index in [-0.39, 0.29) is 5.60 Å². The Bertz CT molecular complexity index is 46.0. The third-order valence-corrected chi connectivity index (χ3v) is 2.25. The van der Waals surface area contributed by atoms with E-state index in [9.17, 15) is 0 Å². The molecule has 0 spiro atoms. The first kappa shape index (κ1) is 7.69. The summed E-state index contributed by atoms with van der Waals surface area (Å²) in [5.41, 5.74) is 0.0700. The van der Waals surface area contributed by atoms with Crippen molar-refractivity contribution in [1.29, 1.82) is 0 Å². The third-order valence-electron chi connectivity index (χ3n) is 1.06. The molecule has 0 atom stereocenters. The van der Waals surface area contributed by atoms with E-state index in [1.54, 1.807) is 0 Å². The maximum absolute atomic E-state index is 5.06. The Morgan fingerprint density at radius 2 is 2.00 bits per heavy atom. The highest BCUT2D eigenvalue weighted by molar-refractivity contribution is 14.1. The maximum Gasteiger partial charge on any atom is 0.110 e. The fourth-order valence-electron chi connectivity index (χ4n) is 0.0546. The SMILES string of the molecule is CCC(C)(C)OI. The molecular weight excluding hydrogens is 203 g/mol. The summed E-state index contributed by atoms with van der Waals surface area (Å²) in [6.45, 7) is 6.25. The van der Waals surface area contributed by atoms with Gasteiger partial charge in [-0.05, 0) is 20.3 Å². The number of halogens is 1. The molecule has 0 bridgehead atoms. The van der Waals surface area contributed by atoms with Crippen LogP contribution in [-0.4, -0.2) is 5.60 Å². The van der Waals surface area contributed by atoms with Gasteiger partial charge in [-0.1, -0.05) is 6.92 Å². The number of rotatable bonds is 2. The predicted molar refractivity (Wildman–Crippen MR) is 39.5 cm³/mol. The Balaban J connectivity index is 3.36. The molecule has 0 rings (SSSR count). The zero-order valence-corrected chi connectivity index (χ0v) is 7.15. The number of hydrogen-bond acceptors (Lipinski definition) is 1. The van der Waals surface area contributed by atoms with E-state index in [0.29, 0.717) is 0 Å². The van der Waals surface area contributed by atoms with Crippen molar-refractivity contribution < 1.29 is 3.07 Å². The Hall–Kier alpha value is 0.690. The molecule has 0 heterocycles. The first-order valence-electron chi connectivity index (χ1n) is 2.42. The first-order valence-corrected chi connectivity index (χ1v) is 3.30. The minimum absolute atomic E-state index is 0.0700. The molecular formula is C5H11IO. The second kappa shape index (κ2) is 2.87. The minimum atomic E-state index is 0.0700. The van der Waals surface area contributed by atoms with Crippen molar-refractivity contribution in [3.8, 4) is 0 Å². The van der Waals surface area contributed by atoms with E-state index in [4.69, 9.17) is 3.07 Å². The highest BCUT2D eigenvalue weighted by Crippen LogP contribution is 2.16. The lowest BCUT2D eigenvalue weighted by molar-refractivity contribution is 0.169. The lowest BCUT2D eigenvalue weighted by Crippen LogP contribution is -2.17. The zero-order chi connectivity index (χ0) is 5.91. The van der Waals surface area contributed by atoms with Crippen molar-refractivity contribution in [1.82, 2.24) is 0 Å². The molecule has 0 radical (unpaired) electrons. The molecule has 0 aliphatic carbocycles. The molecule has 0 aromatic heterocycles. The van der Waals surface area contributed by atoms with Gasteiger partial charge in [-0.2, -0.15) is 0 Å². The van der Waals surface area contributed by atoms with E-state index < -0.39 is 0 Å². The van der Waals surface area contributed by atoms with Gasteiger partial charge >= 0.3 is 0 Å². The predicted octanol–water partition coefficient (Wildman–Crippen LogP) is 2.54. The lowest BCUT2D eigenvalue weighted by Gasteiger charge is -2.17. The van der Waals surface area contributed by atoms with Crippen molar-refractivity contribution in [3.63, 3.8) is 0 Å². The van der Waals surface area contributed by atoms with Crippen molar-refractivity contribution >= 4 is 23.0 Å². The van der Waals surface area contributed by atoms with Gasteiger partial charge in [0.25, 0.3) is 0 Å². The molecule has 44 valence electrons. The van der Waals surface area contributed by atoms with Gasteiger partial charge < -0.3 is 3.07 Å². The van der Waals surface area contributed by atoms with Crippen molar-refractivity contribution in [3.05, 3.63) is 0 Å². The maximum atomic E-state index is 5.06. The summed E-state index contributed by atoms with van der Waals surface area (Å²) >= 11 is 1.93. The molecule has 0 N–H and O–H groups in total. The van der Waals surface area contributed by atoms with Gasteiger partial charge in [-0.15, -0.1) is 0 Å². The molecule has 2 heteroatoms. The van der Waals surface area contributed by atoms with Gasteiger partial charge in [0, 0.05) is 0 Å². The van der Waals surface area contributed by atoms with E-state index in [2.05, 4.69) is 20.8 Å². The van der Waals surface area contributed by atoms with E-state index in [1.165, 1.54) is 0 Å². The highest BCUT2D eigenvalue weighted by atomic mass is 127. The summed E-state index contributed by atoms with van der Waals surface area (Å²) in [6.07, 6.45) is 1.07. The largest absolute Gasteiger partial charge is 0.310 e. The van der Waals surface area contributed by atoms with Gasteiger partial charge in [0.1, 0.15) is 23.0 Å². The van der Waals surface area contributed by atoms with Crippen LogP contribution in [0.1, 0.15) is 27.2 Å². The van der Waals surface area contributed by atoms with Crippen LogP contribution in [0.2, 0.25) is 0 Å². The van der Waals surface area contributed by atoms with Crippen LogP contribution in [0.25, 0.3) is 0 Å². The molecule has 0 unspecified atom stereocenters. The quantitative estimate of drug-likeness (QED) is 0.641. The fourth-order valence-corrected chi connectivity index (χ4v) is 0.366. The molecule has 0 fully saturated rings. The molecule has 7 heavy (non-hydrogen) atoms. The zero-order valence-electron chi connectivity index (χ0n) is 4.99. The second-order valence-electron chi connectivity index (χ2n) is 2.19. The minimum Gasteiger partial charge on any atom is -0.310 e. The number of hydrogen-bond donors (Lipinski definition) is 0. The van der Waals surface area contributed by atoms with Gasteiger partial charge in [-0.3, -0.25) is 0 Å². The van der Waals surface area contributed by atoms with Gasteiger partial charge in [0.15, 0.2) is 0 Å². The van der Waals surface area contributed by atoms with Crippen LogP contribution in [0.3, 0.4) is 0 Å². The second-order valence-corrected chi connectivity index (χ2v) is 2.63. The lowest BCUT2D eigenvalue weighted by atomic mass is 10.1. The fraction of sp³-hybridized carbons (Fsp3) is 1.00. The average molecular weight is 214 g/mol. The third kappa shape index (κ3) is 3.29. The van der Waals surface area contributed by atoms with Crippen LogP contribution < -0.4 is 0 Å². The van der Waals surface area contributed by atoms with E-state index >= 15 is 0 Å². The van der Waals surface area contributed by atoms with Crippen LogP contribution in [0, 0.1) is 0 Å². The summed E-state index contributed by atoms with van der Waals surface area (Å²) in [4.78, 5) is 0. The summed E-state index contributed by atoms with van der Waals surface area (Å²) in [5, 5.41) is 0. The Morgan fingerprint density at radius 1 is 1.57 bits per heavy atom. The molecule has 0 aliphatic heterocycles. The van der Waals surface area contributed by atoms with Crippen molar-refractivity contribution in [2.75, 3.05) is 0 Å². The molecule has 0 saturated heterocycles. The van der Waals surface area contributed by atoms with Gasteiger partial charge in [0.05, 0.1) is 5.60 Å². The van der Waals surface area contributed by atoms with Crippen LogP contribution in [-0.2, 0) is 3.07 Å². The molecule has 0 aliphatic rings. The van der Waals surface area contributed by atoms with Crippen LogP contribution in [0.5, 0.6) is 0 Å². The Kier molecular flexibility index (Phi) is 3.15. The molecule has 0 aromatic rings. The molecule has 0 aromatic carbocycles. The van der Waals surface area contributed by atoms with E-state index in [0.717, 1.165) is 6.42 Å². The summed E-state index contributed by atoms with van der Waals surface area (Å²) in [6, 6.07) is 0.